The van der Waals surface area contributed by atoms with Crippen LogP contribution in [0.1, 0.15) is 13.8 Å². The van der Waals surface area contributed by atoms with Gasteiger partial charge in [-0.3, -0.25) is 4.79 Å². The number of nitrogens with one attached hydrogen (secondary N) is 1. The van der Waals surface area contributed by atoms with Crippen LogP contribution in [0.15, 0.2) is 24.3 Å². The van der Waals surface area contributed by atoms with Gasteiger partial charge in [0.25, 0.3) is 0 Å². The van der Waals surface area contributed by atoms with Crippen molar-refractivity contribution in [3.05, 3.63) is 27.8 Å². The molecule has 1 rings (SSSR count). The van der Waals surface area contributed by atoms with Gasteiger partial charge in [0.05, 0.1) is 5.75 Å². The third-order valence-corrected chi connectivity index (χ3v) is 3.90. The summed E-state index contributed by atoms with van der Waals surface area (Å²) in [5.74, 6) is 2.27. The van der Waals surface area contributed by atoms with E-state index in [1.54, 1.807) is 11.8 Å². The van der Waals surface area contributed by atoms with E-state index in [1.807, 2.05) is 24.3 Å². The molecule has 0 bridgehead atoms. The van der Waals surface area contributed by atoms with Crippen LogP contribution in [-0.2, 0) is 4.79 Å². The highest BCUT2D eigenvalue weighted by Crippen LogP contribution is 2.12. The van der Waals surface area contributed by atoms with Gasteiger partial charge in [-0.05, 0) is 58.5 Å². The fourth-order valence-electron chi connectivity index (χ4n) is 1.12. The highest BCUT2D eigenvalue weighted by molar-refractivity contribution is 14.1. The Labute approximate surface area is 115 Å². The van der Waals surface area contributed by atoms with Crippen molar-refractivity contribution in [1.29, 1.82) is 0 Å². The van der Waals surface area contributed by atoms with Crippen molar-refractivity contribution < 1.29 is 4.79 Å². The van der Waals surface area contributed by atoms with Crippen LogP contribution in [0.2, 0.25) is 0 Å². The predicted molar refractivity (Wildman–Crippen MR) is 80.0 cm³/mol. The van der Waals surface area contributed by atoms with Crippen molar-refractivity contribution in [2.24, 2.45) is 5.92 Å². The van der Waals surface area contributed by atoms with Crippen molar-refractivity contribution in [3.63, 3.8) is 0 Å². The van der Waals surface area contributed by atoms with E-state index in [0.717, 1.165) is 11.4 Å². The first kappa shape index (κ1) is 13.8. The molecule has 1 aromatic rings. The zero-order chi connectivity index (χ0) is 12.0. The minimum absolute atomic E-state index is 0.0758. The Morgan fingerprint density at radius 3 is 2.56 bits per heavy atom. The van der Waals surface area contributed by atoms with E-state index in [1.165, 1.54) is 3.57 Å². The molecule has 0 aliphatic carbocycles. The summed E-state index contributed by atoms with van der Waals surface area (Å²) in [4.78, 5) is 11.5. The predicted octanol–water partition coefficient (Wildman–Crippen LogP) is 3.62. The number of hydrogen-bond acceptors (Lipinski definition) is 2. The Balaban J connectivity index is 2.31. The second kappa shape index (κ2) is 7.17. The third kappa shape index (κ3) is 5.75. The van der Waals surface area contributed by atoms with Crippen LogP contribution in [0, 0.1) is 9.49 Å². The molecule has 16 heavy (non-hydrogen) atoms. The Hall–Kier alpha value is -0.230. The lowest BCUT2D eigenvalue weighted by atomic mass is 10.3. The highest BCUT2D eigenvalue weighted by atomic mass is 127. The average Bonchev–Trinajstić information content (AvgIpc) is 2.21. The average molecular weight is 349 g/mol. The molecule has 1 N–H and O–H groups in total. The van der Waals surface area contributed by atoms with Crippen molar-refractivity contribution in [1.82, 2.24) is 0 Å². The summed E-state index contributed by atoms with van der Waals surface area (Å²) in [6.45, 7) is 4.31. The van der Waals surface area contributed by atoms with Gasteiger partial charge in [-0.25, -0.2) is 0 Å². The van der Waals surface area contributed by atoms with Crippen LogP contribution in [0.3, 0.4) is 0 Å². The minimum Gasteiger partial charge on any atom is -0.325 e. The zero-order valence-electron chi connectivity index (χ0n) is 9.50. The fraction of sp³-hybridized carbons (Fsp3) is 0.417. The van der Waals surface area contributed by atoms with Gasteiger partial charge < -0.3 is 5.32 Å². The largest absolute Gasteiger partial charge is 0.325 e. The molecule has 1 amide bonds. The second-order valence-corrected chi connectivity index (χ2v) is 6.24. The number of anilines is 1. The van der Waals surface area contributed by atoms with Crippen LogP contribution < -0.4 is 5.32 Å². The summed E-state index contributed by atoms with van der Waals surface area (Å²) in [6, 6.07) is 7.81. The van der Waals surface area contributed by atoms with E-state index in [-0.39, 0.29) is 5.91 Å². The number of halogens is 1. The first-order valence-corrected chi connectivity index (χ1v) is 7.44. The number of thioether (sulfide) groups is 1. The molecule has 1 aromatic carbocycles. The lowest BCUT2D eigenvalue weighted by Gasteiger charge is -2.06. The van der Waals surface area contributed by atoms with E-state index in [0.29, 0.717) is 11.7 Å². The molecule has 0 aliphatic heterocycles. The summed E-state index contributed by atoms with van der Waals surface area (Å²) < 4.78 is 1.17. The van der Waals surface area contributed by atoms with Gasteiger partial charge >= 0.3 is 0 Å². The number of hydrogen-bond donors (Lipinski definition) is 1. The molecule has 0 fully saturated rings. The maximum Gasteiger partial charge on any atom is 0.234 e. The smallest absolute Gasteiger partial charge is 0.234 e. The molecule has 0 aromatic heterocycles. The molecular weight excluding hydrogens is 333 g/mol. The van der Waals surface area contributed by atoms with Gasteiger partial charge in [0, 0.05) is 9.26 Å². The first-order chi connectivity index (χ1) is 7.58. The van der Waals surface area contributed by atoms with Gasteiger partial charge in [-0.2, -0.15) is 11.8 Å². The molecule has 2 nitrogen and oxygen atoms in total. The Kier molecular flexibility index (Phi) is 6.20. The van der Waals surface area contributed by atoms with Crippen molar-refractivity contribution in [2.45, 2.75) is 13.8 Å². The third-order valence-electron chi connectivity index (χ3n) is 1.81. The molecule has 0 heterocycles. The lowest BCUT2D eigenvalue weighted by Crippen LogP contribution is -2.14. The maximum atomic E-state index is 11.5. The maximum absolute atomic E-state index is 11.5. The van der Waals surface area contributed by atoms with E-state index in [2.05, 4.69) is 41.8 Å². The molecular formula is C12H16INOS. The number of amides is 1. The molecule has 0 atom stereocenters. The van der Waals surface area contributed by atoms with E-state index in [4.69, 9.17) is 0 Å². The van der Waals surface area contributed by atoms with Crippen LogP contribution >= 0.6 is 34.4 Å². The van der Waals surface area contributed by atoms with Crippen molar-refractivity contribution in [2.75, 3.05) is 16.8 Å². The van der Waals surface area contributed by atoms with E-state index >= 15 is 0 Å². The summed E-state index contributed by atoms with van der Waals surface area (Å²) in [7, 11) is 0. The van der Waals surface area contributed by atoms with Crippen molar-refractivity contribution >= 4 is 45.9 Å². The molecule has 88 valence electrons. The number of carbonyl (C=O) groups excluding carboxylic acids is 1. The first-order valence-electron chi connectivity index (χ1n) is 5.21. The van der Waals surface area contributed by atoms with Gasteiger partial charge in [0.15, 0.2) is 0 Å². The monoisotopic (exact) mass is 349 g/mol. The standard InChI is InChI=1S/C12H16INOS/c1-9(2)7-16-8-12(15)14-11-5-3-10(13)4-6-11/h3-6,9H,7-8H2,1-2H3,(H,14,15). The lowest BCUT2D eigenvalue weighted by molar-refractivity contribution is -0.113. The van der Waals surface area contributed by atoms with Crippen LogP contribution in [0.5, 0.6) is 0 Å². The van der Waals surface area contributed by atoms with E-state index in [9.17, 15) is 4.79 Å². The summed E-state index contributed by atoms with van der Waals surface area (Å²) in [5.41, 5.74) is 0.871. The van der Waals surface area contributed by atoms with Gasteiger partial charge in [-0.1, -0.05) is 13.8 Å². The number of carbonyl (C=O) groups is 1. The SMILES string of the molecule is CC(C)CSCC(=O)Nc1ccc(I)cc1. The fourth-order valence-corrected chi connectivity index (χ4v) is 2.32. The van der Waals surface area contributed by atoms with Crippen LogP contribution in [-0.4, -0.2) is 17.4 Å². The summed E-state index contributed by atoms with van der Waals surface area (Å²) >= 11 is 3.92. The zero-order valence-corrected chi connectivity index (χ0v) is 12.5. The normalized spacial score (nSPS) is 10.5. The van der Waals surface area contributed by atoms with Crippen LogP contribution in [0.25, 0.3) is 0 Å². The Bertz CT molecular complexity index is 337. The highest BCUT2D eigenvalue weighted by Gasteiger charge is 2.03. The summed E-state index contributed by atoms with van der Waals surface area (Å²) in [5, 5.41) is 2.88. The molecule has 0 spiro atoms. The molecule has 0 unspecified atom stereocenters. The van der Waals surface area contributed by atoms with Gasteiger partial charge in [0.2, 0.25) is 5.91 Å². The summed E-state index contributed by atoms with van der Waals surface area (Å²) in [6.07, 6.45) is 0. The minimum atomic E-state index is 0.0758. The van der Waals surface area contributed by atoms with Gasteiger partial charge in [0.1, 0.15) is 0 Å². The molecule has 4 heteroatoms. The van der Waals surface area contributed by atoms with Crippen LogP contribution in [0.4, 0.5) is 5.69 Å². The van der Waals surface area contributed by atoms with E-state index < -0.39 is 0 Å². The molecule has 0 saturated carbocycles. The Morgan fingerprint density at radius 1 is 1.38 bits per heavy atom. The molecule has 0 radical (unpaired) electrons. The quantitative estimate of drug-likeness (QED) is 0.823. The molecule has 0 saturated heterocycles. The molecule has 0 aliphatic rings. The number of rotatable bonds is 5. The topological polar surface area (TPSA) is 29.1 Å². The van der Waals surface area contributed by atoms with Gasteiger partial charge in [-0.15, -0.1) is 0 Å². The number of benzene rings is 1. The Morgan fingerprint density at radius 2 is 2.00 bits per heavy atom. The van der Waals surface area contributed by atoms with Crippen molar-refractivity contribution in [3.8, 4) is 0 Å². The second-order valence-electron chi connectivity index (χ2n) is 3.96.